The van der Waals surface area contributed by atoms with E-state index in [1.165, 1.54) is 31.2 Å². The van der Waals surface area contributed by atoms with Gasteiger partial charge in [-0.05, 0) is 50.2 Å². The van der Waals surface area contributed by atoms with Gasteiger partial charge >= 0.3 is 0 Å². The van der Waals surface area contributed by atoms with Crippen molar-refractivity contribution < 1.29 is 4.79 Å². The third kappa shape index (κ3) is 3.76. The van der Waals surface area contributed by atoms with E-state index < -0.39 is 0 Å². The van der Waals surface area contributed by atoms with Gasteiger partial charge < -0.3 is 5.32 Å². The van der Waals surface area contributed by atoms with Crippen molar-refractivity contribution >= 4 is 17.5 Å². The van der Waals surface area contributed by atoms with Gasteiger partial charge in [-0.25, -0.2) is 0 Å². The van der Waals surface area contributed by atoms with Crippen molar-refractivity contribution in [1.29, 1.82) is 0 Å². The molecule has 0 aliphatic heterocycles. The number of benzene rings is 1. The molecule has 2 rings (SSSR count). The van der Waals surface area contributed by atoms with E-state index in [0.717, 1.165) is 17.7 Å². The van der Waals surface area contributed by atoms with Gasteiger partial charge in [0, 0.05) is 18.0 Å². The summed E-state index contributed by atoms with van der Waals surface area (Å²) in [5.41, 5.74) is 3.02. The van der Waals surface area contributed by atoms with Crippen molar-refractivity contribution in [3.8, 4) is 0 Å². The summed E-state index contributed by atoms with van der Waals surface area (Å²) < 4.78 is 0. The van der Waals surface area contributed by atoms with Gasteiger partial charge in [0.1, 0.15) is 0 Å². The monoisotopic (exact) mass is 293 g/mol. The predicted molar refractivity (Wildman–Crippen MR) is 84.4 cm³/mol. The Bertz CT molecular complexity index is 472. The largest absolute Gasteiger partial charge is 0.352 e. The van der Waals surface area contributed by atoms with Gasteiger partial charge in [0.15, 0.2) is 0 Å². The fourth-order valence-electron chi connectivity index (χ4n) is 3.14. The average molecular weight is 294 g/mol. The van der Waals surface area contributed by atoms with Gasteiger partial charge in [-0.1, -0.05) is 30.5 Å². The first-order valence-electron chi connectivity index (χ1n) is 7.53. The number of carbonyl (C=O) groups is 1. The fourth-order valence-corrected chi connectivity index (χ4v) is 3.55. The lowest BCUT2D eigenvalue weighted by molar-refractivity contribution is 0.0936. The Morgan fingerprint density at radius 3 is 2.60 bits per heavy atom. The Kier molecular flexibility index (Phi) is 5.47. The molecule has 110 valence electrons. The van der Waals surface area contributed by atoms with Gasteiger partial charge in [0.25, 0.3) is 5.91 Å². The van der Waals surface area contributed by atoms with E-state index in [1.54, 1.807) is 0 Å². The van der Waals surface area contributed by atoms with Gasteiger partial charge in [-0.2, -0.15) is 0 Å². The molecule has 1 aliphatic rings. The van der Waals surface area contributed by atoms with Crippen LogP contribution in [0.25, 0.3) is 0 Å². The van der Waals surface area contributed by atoms with Crippen LogP contribution in [-0.4, -0.2) is 18.3 Å². The van der Waals surface area contributed by atoms with Crippen molar-refractivity contribution in [2.24, 2.45) is 11.8 Å². The SMILES string of the molecule is Cc1ccc(C(=O)NCC2CCCCC2CCl)c(C)c1. The van der Waals surface area contributed by atoms with Crippen molar-refractivity contribution in [3.05, 3.63) is 34.9 Å². The molecule has 0 aromatic heterocycles. The van der Waals surface area contributed by atoms with Crippen molar-refractivity contribution in [1.82, 2.24) is 5.32 Å². The molecule has 1 fully saturated rings. The maximum atomic E-state index is 12.3. The molecule has 2 nitrogen and oxygen atoms in total. The van der Waals surface area contributed by atoms with Crippen LogP contribution in [0.5, 0.6) is 0 Å². The number of halogens is 1. The normalized spacial score (nSPS) is 22.6. The smallest absolute Gasteiger partial charge is 0.251 e. The standard InChI is InChI=1S/C17H24ClNO/c1-12-7-8-16(13(2)9-12)17(20)19-11-15-6-4-3-5-14(15)10-18/h7-9,14-15H,3-6,10-11H2,1-2H3,(H,19,20). The number of carbonyl (C=O) groups excluding carboxylic acids is 1. The van der Waals surface area contributed by atoms with E-state index in [9.17, 15) is 4.79 Å². The molecule has 20 heavy (non-hydrogen) atoms. The maximum Gasteiger partial charge on any atom is 0.251 e. The first-order valence-corrected chi connectivity index (χ1v) is 8.06. The average Bonchev–Trinajstić information content (AvgIpc) is 2.45. The zero-order valence-electron chi connectivity index (χ0n) is 12.4. The van der Waals surface area contributed by atoms with Crippen molar-refractivity contribution in [2.45, 2.75) is 39.5 Å². The van der Waals surface area contributed by atoms with Crippen LogP contribution in [-0.2, 0) is 0 Å². The van der Waals surface area contributed by atoms with E-state index >= 15 is 0 Å². The van der Waals surface area contributed by atoms with Crippen LogP contribution in [0, 0.1) is 25.7 Å². The summed E-state index contributed by atoms with van der Waals surface area (Å²) in [6.07, 6.45) is 4.93. The van der Waals surface area contributed by atoms with Gasteiger partial charge in [0.2, 0.25) is 0 Å². The second-order valence-corrected chi connectivity index (χ2v) is 6.30. The molecule has 0 spiro atoms. The van der Waals surface area contributed by atoms with Crippen LogP contribution in [0.2, 0.25) is 0 Å². The molecule has 0 bridgehead atoms. The highest BCUT2D eigenvalue weighted by atomic mass is 35.5. The number of rotatable bonds is 4. The molecule has 2 unspecified atom stereocenters. The summed E-state index contributed by atoms with van der Waals surface area (Å²) in [5.74, 6) is 1.85. The Labute approximate surface area is 126 Å². The zero-order chi connectivity index (χ0) is 14.5. The molecule has 2 atom stereocenters. The fraction of sp³-hybridized carbons (Fsp3) is 0.588. The minimum absolute atomic E-state index is 0.0430. The van der Waals surface area contributed by atoms with Crippen LogP contribution in [0.3, 0.4) is 0 Å². The van der Waals surface area contributed by atoms with Crippen molar-refractivity contribution in [2.75, 3.05) is 12.4 Å². The Morgan fingerprint density at radius 1 is 1.25 bits per heavy atom. The Morgan fingerprint density at radius 2 is 1.95 bits per heavy atom. The first kappa shape index (κ1) is 15.4. The number of nitrogens with one attached hydrogen (secondary N) is 1. The van der Waals surface area contributed by atoms with Crippen LogP contribution >= 0.6 is 11.6 Å². The van der Waals surface area contributed by atoms with E-state index in [-0.39, 0.29) is 5.91 Å². The molecule has 3 heteroatoms. The number of aryl methyl sites for hydroxylation is 2. The molecule has 1 aromatic rings. The van der Waals surface area contributed by atoms with Gasteiger partial charge in [0.05, 0.1) is 0 Å². The number of alkyl halides is 1. The third-order valence-electron chi connectivity index (χ3n) is 4.42. The van der Waals surface area contributed by atoms with Gasteiger partial charge in [-0.3, -0.25) is 4.79 Å². The third-order valence-corrected chi connectivity index (χ3v) is 4.81. The maximum absolute atomic E-state index is 12.3. The topological polar surface area (TPSA) is 29.1 Å². The summed E-state index contributed by atoms with van der Waals surface area (Å²) >= 11 is 6.04. The molecule has 0 saturated heterocycles. The highest BCUT2D eigenvalue weighted by molar-refractivity contribution is 6.18. The lowest BCUT2D eigenvalue weighted by Gasteiger charge is -2.30. The summed E-state index contributed by atoms with van der Waals surface area (Å²) in [7, 11) is 0. The molecular formula is C17H24ClNO. The lowest BCUT2D eigenvalue weighted by atomic mass is 9.80. The first-order chi connectivity index (χ1) is 9.61. The molecule has 0 radical (unpaired) electrons. The number of hydrogen-bond acceptors (Lipinski definition) is 1. The van der Waals surface area contributed by atoms with Crippen LogP contribution in [0.15, 0.2) is 18.2 Å². The molecule has 1 saturated carbocycles. The molecule has 1 aromatic carbocycles. The summed E-state index contributed by atoms with van der Waals surface area (Å²) in [5, 5.41) is 3.10. The van der Waals surface area contributed by atoms with E-state index in [0.29, 0.717) is 17.7 Å². The Balaban J connectivity index is 1.94. The quantitative estimate of drug-likeness (QED) is 0.833. The van der Waals surface area contributed by atoms with Crippen LogP contribution < -0.4 is 5.32 Å². The molecule has 1 aliphatic carbocycles. The highest BCUT2D eigenvalue weighted by Gasteiger charge is 2.24. The van der Waals surface area contributed by atoms with Crippen LogP contribution in [0.1, 0.15) is 47.2 Å². The molecule has 0 heterocycles. The number of hydrogen-bond donors (Lipinski definition) is 1. The summed E-state index contributed by atoms with van der Waals surface area (Å²) in [6.45, 7) is 4.79. The predicted octanol–water partition coefficient (Wildman–Crippen LogP) is 4.08. The Hall–Kier alpha value is -1.02. The van der Waals surface area contributed by atoms with E-state index in [1.807, 2.05) is 26.0 Å². The minimum atomic E-state index is 0.0430. The summed E-state index contributed by atoms with van der Waals surface area (Å²) in [4.78, 5) is 12.3. The van der Waals surface area contributed by atoms with E-state index in [4.69, 9.17) is 11.6 Å². The second-order valence-electron chi connectivity index (χ2n) is 5.99. The molecule has 1 amide bonds. The lowest BCUT2D eigenvalue weighted by Crippen LogP contribution is -2.35. The van der Waals surface area contributed by atoms with Crippen LogP contribution in [0.4, 0.5) is 0 Å². The van der Waals surface area contributed by atoms with Gasteiger partial charge in [-0.15, -0.1) is 11.6 Å². The molecular weight excluding hydrogens is 270 g/mol. The second kappa shape index (κ2) is 7.12. The zero-order valence-corrected chi connectivity index (χ0v) is 13.2. The van der Waals surface area contributed by atoms with E-state index in [2.05, 4.69) is 11.4 Å². The number of amides is 1. The highest BCUT2D eigenvalue weighted by Crippen LogP contribution is 2.30. The van der Waals surface area contributed by atoms with Crippen molar-refractivity contribution in [3.63, 3.8) is 0 Å². The minimum Gasteiger partial charge on any atom is -0.352 e. The summed E-state index contributed by atoms with van der Waals surface area (Å²) in [6, 6.07) is 5.96. The molecule has 1 N–H and O–H groups in total.